The summed E-state index contributed by atoms with van der Waals surface area (Å²) in [5.74, 6) is -0.158. The average molecular weight is 430 g/mol. The number of methoxy groups -OCH3 is 1. The van der Waals surface area contributed by atoms with Crippen molar-refractivity contribution < 1.29 is 18.7 Å². The summed E-state index contributed by atoms with van der Waals surface area (Å²) in [6, 6.07) is 14.6. The molecule has 0 saturated heterocycles. The second-order valence-electron chi connectivity index (χ2n) is 5.77. The predicted octanol–water partition coefficient (Wildman–Crippen LogP) is 4.32. The highest BCUT2D eigenvalue weighted by Gasteiger charge is 2.13. The number of amides is 2. The Bertz CT molecular complexity index is 1050. The van der Waals surface area contributed by atoms with Crippen LogP contribution in [-0.2, 0) is 0 Å². The highest BCUT2D eigenvalue weighted by atomic mass is 35.5. The maximum Gasteiger partial charge on any atom is 0.291 e. The lowest BCUT2D eigenvalue weighted by Gasteiger charge is -2.14. The quantitative estimate of drug-likeness (QED) is 0.523. The number of anilines is 2. The monoisotopic (exact) mass is 429 g/mol. The van der Waals surface area contributed by atoms with E-state index in [0.29, 0.717) is 27.7 Å². The first-order valence-corrected chi connectivity index (χ1v) is 9.15. The van der Waals surface area contributed by atoms with Gasteiger partial charge in [-0.1, -0.05) is 17.7 Å². The third-order valence-electron chi connectivity index (χ3n) is 3.76. The van der Waals surface area contributed by atoms with E-state index < -0.39 is 11.8 Å². The average Bonchev–Trinajstić information content (AvgIpc) is 3.23. The summed E-state index contributed by atoms with van der Waals surface area (Å²) in [6.45, 7) is 0. The fourth-order valence-corrected chi connectivity index (χ4v) is 2.84. The summed E-state index contributed by atoms with van der Waals surface area (Å²) in [5, 5.41) is 8.67. The minimum atomic E-state index is -0.411. The van der Waals surface area contributed by atoms with Crippen molar-refractivity contribution in [2.24, 2.45) is 0 Å². The fourth-order valence-electron chi connectivity index (χ4n) is 2.44. The highest BCUT2D eigenvalue weighted by molar-refractivity contribution is 7.80. The van der Waals surface area contributed by atoms with E-state index in [-0.39, 0.29) is 10.9 Å². The second-order valence-corrected chi connectivity index (χ2v) is 6.61. The molecule has 0 aliphatic rings. The number of halogens is 1. The van der Waals surface area contributed by atoms with Crippen molar-refractivity contribution >= 4 is 52.1 Å². The zero-order valence-electron chi connectivity index (χ0n) is 15.2. The highest BCUT2D eigenvalue weighted by Crippen LogP contribution is 2.28. The molecule has 3 aromatic rings. The molecule has 2 amide bonds. The number of ether oxygens (including phenoxy) is 1. The fraction of sp³-hybridized carbons (Fsp3) is 0.0500. The maximum atomic E-state index is 12.3. The van der Waals surface area contributed by atoms with E-state index in [4.69, 9.17) is 33.0 Å². The number of thiocarbonyl (C=S) groups is 1. The topological polar surface area (TPSA) is 92.6 Å². The molecule has 0 radical (unpaired) electrons. The minimum absolute atomic E-state index is 0.0581. The Morgan fingerprint density at radius 3 is 2.55 bits per heavy atom. The van der Waals surface area contributed by atoms with Crippen LogP contribution in [0.25, 0.3) is 0 Å². The Balaban J connectivity index is 1.70. The molecule has 2 aromatic carbocycles. The van der Waals surface area contributed by atoms with Crippen molar-refractivity contribution in [2.75, 3.05) is 17.7 Å². The smallest absolute Gasteiger partial charge is 0.291 e. The summed E-state index contributed by atoms with van der Waals surface area (Å²) < 4.78 is 10.4. The Kier molecular flexibility index (Phi) is 6.48. The van der Waals surface area contributed by atoms with Crippen LogP contribution in [0.15, 0.2) is 65.3 Å². The van der Waals surface area contributed by atoms with Crippen molar-refractivity contribution in [3.8, 4) is 5.75 Å². The molecule has 3 rings (SSSR count). The molecular weight excluding hydrogens is 414 g/mol. The van der Waals surface area contributed by atoms with Gasteiger partial charge in [-0.15, -0.1) is 0 Å². The molecule has 0 fully saturated rings. The Hall–Kier alpha value is -3.36. The van der Waals surface area contributed by atoms with E-state index in [9.17, 15) is 9.59 Å². The van der Waals surface area contributed by atoms with Crippen LogP contribution in [0.3, 0.4) is 0 Å². The molecule has 29 heavy (non-hydrogen) atoms. The van der Waals surface area contributed by atoms with Gasteiger partial charge in [0.2, 0.25) is 0 Å². The third-order valence-corrected chi connectivity index (χ3v) is 4.20. The van der Waals surface area contributed by atoms with E-state index in [2.05, 4.69) is 16.0 Å². The van der Waals surface area contributed by atoms with E-state index in [1.807, 2.05) is 0 Å². The molecule has 0 aliphatic heterocycles. The van der Waals surface area contributed by atoms with Gasteiger partial charge in [0, 0.05) is 16.3 Å². The second kappa shape index (κ2) is 9.22. The summed E-state index contributed by atoms with van der Waals surface area (Å²) in [7, 11) is 1.50. The van der Waals surface area contributed by atoms with Crippen molar-refractivity contribution in [1.29, 1.82) is 0 Å². The zero-order valence-corrected chi connectivity index (χ0v) is 16.8. The van der Waals surface area contributed by atoms with Gasteiger partial charge >= 0.3 is 0 Å². The minimum Gasteiger partial charge on any atom is -0.495 e. The van der Waals surface area contributed by atoms with Crippen molar-refractivity contribution in [2.45, 2.75) is 0 Å². The van der Waals surface area contributed by atoms with Gasteiger partial charge in [-0.2, -0.15) is 0 Å². The lowest BCUT2D eigenvalue weighted by molar-refractivity contribution is 0.0975. The normalized spacial score (nSPS) is 10.1. The van der Waals surface area contributed by atoms with Crippen molar-refractivity contribution in [3.63, 3.8) is 0 Å². The molecule has 3 N–H and O–H groups in total. The molecule has 9 heteroatoms. The molecule has 0 saturated carbocycles. The van der Waals surface area contributed by atoms with Gasteiger partial charge < -0.3 is 19.8 Å². The lowest BCUT2D eigenvalue weighted by atomic mass is 10.2. The van der Waals surface area contributed by atoms with Gasteiger partial charge in [0.25, 0.3) is 11.8 Å². The first kappa shape index (κ1) is 20.4. The lowest BCUT2D eigenvalue weighted by Crippen LogP contribution is -2.34. The Morgan fingerprint density at radius 2 is 1.86 bits per heavy atom. The van der Waals surface area contributed by atoms with Crippen LogP contribution >= 0.6 is 23.8 Å². The van der Waals surface area contributed by atoms with E-state index in [1.165, 1.54) is 19.4 Å². The summed E-state index contributed by atoms with van der Waals surface area (Å²) >= 11 is 11.1. The van der Waals surface area contributed by atoms with Gasteiger partial charge in [0.05, 0.1) is 19.1 Å². The molecule has 0 atom stereocenters. The molecule has 0 aliphatic carbocycles. The van der Waals surface area contributed by atoms with Crippen LogP contribution in [0.1, 0.15) is 20.9 Å². The number of benzene rings is 2. The van der Waals surface area contributed by atoms with Crippen molar-refractivity contribution in [3.05, 3.63) is 77.2 Å². The van der Waals surface area contributed by atoms with E-state index in [0.717, 1.165) is 0 Å². The molecular formula is C20H16ClN3O4S. The summed E-state index contributed by atoms with van der Waals surface area (Å²) in [6.07, 6.45) is 1.41. The third kappa shape index (κ3) is 5.34. The Labute approximate surface area is 177 Å². The van der Waals surface area contributed by atoms with Gasteiger partial charge in [0.15, 0.2) is 10.9 Å². The zero-order chi connectivity index (χ0) is 20.8. The number of hydrogen-bond donors (Lipinski definition) is 3. The van der Waals surface area contributed by atoms with Crippen LogP contribution in [-0.4, -0.2) is 24.0 Å². The SMILES string of the molecule is COc1ccc(NC(=O)c2ccco2)cc1NC(=S)NC(=O)c1cccc(Cl)c1. The number of furan rings is 1. The summed E-state index contributed by atoms with van der Waals surface area (Å²) in [4.78, 5) is 24.4. The Morgan fingerprint density at radius 1 is 1.03 bits per heavy atom. The van der Waals surface area contributed by atoms with Gasteiger partial charge in [-0.3, -0.25) is 14.9 Å². The standard InChI is InChI=1S/C20H16ClN3O4S/c1-27-16-8-7-14(22-19(26)17-6-3-9-28-17)11-15(16)23-20(29)24-18(25)12-4-2-5-13(21)10-12/h2-11H,1H3,(H,22,26)(H2,23,24,25,29). The first-order valence-electron chi connectivity index (χ1n) is 8.37. The van der Waals surface area contributed by atoms with Crippen LogP contribution in [0.5, 0.6) is 5.75 Å². The first-order chi connectivity index (χ1) is 14.0. The molecule has 0 bridgehead atoms. The van der Waals surface area contributed by atoms with E-state index >= 15 is 0 Å². The number of hydrogen-bond acceptors (Lipinski definition) is 5. The number of carbonyl (C=O) groups is 2. The van der Waals surface area contributed by atoms with Crippen LogP contribution in [0.4, 0.5) is 11.4 Å². The summed E-state index contributed by atoms with van der Waals surface area (Å²) in [5.41, 5.74) is 1.31. The van der Waals surface area contributed by atoms with Crippen LogP contribution in [0.2, 0.25) is 5.02 Å². The molecule has 0 unspecified atom stereocenters. The molecule has 7 nitrogen and oxygen atoms in total. The van der Waals surface area contributed by atoms with E-state index in [1.54, 1.807) is 48.5 Å². The number of carbonyl (C=O) groups excluding carboxylic acids is 2. The van der Waals surface area contributed by atoms with Crippen LogP contribution < -0.4 is 20.7 Å². The van der Waals surface area contributed by atoms with Gasteiger partial charge in [-0.05, 0) is 60.7 Å². The molecule has 0 spiro atoms. The maximum absolute atomic E-state index is 12.3. The largest absolute Gasteiger partial charge is 0.495 e. The van der Waals surface area contributed by atoms with Crippen molar-refractivity contribution in [1.82, 2.24) is 5.32 Å². The number of rotatable bonds is 5. The molecule has 1 aromatic heterocycles. The van der Waals surface area contributed by atoms with Gasteiger partial charge in [0.1, 0.15) is 5.75 Å². The van der Waals surface area contributed by atoms with Gasteiger partial charge in [-0.25, -0.2) is 0 Å². The molecule has 148 valence electrons. The molecule has 1 heterocycles. The van der Waals surface area contributed by atoms with Crippen LogP contribution in [0, 0.1) is 0 Å². The number of nitrogens with one attached hydrogen (secondary N) is 3. The predicted molar refractivity (Wildman–Crippen MR) is 115 cm³/mol.